The van der Waals surface area contributed by atoms with Gasteiger partial charge in [0.15, 0.2) is 5.03 Å². The first kappa shape index (κ1) is 23.0. The monoisotopic (exact) mass is 490 g/mol. The highest BCUT2D eigenvalue weighted by Crippen LogP contribution is 2.34. The molecule has 0 unspecified atom stereocenters. The fraction of sp³-hybridized carbons (Fsp3) is 0.105. The molecule has 0 saturated heterocycles. The molecule has 6 nitrogen and oxygen atoms in total. The van der Waals surface area contributed by atoms with E-state index >= 15 is 0 Å². The van der Waals surface area contributed by atoms with E-state index in [-0.39, 0.29) is 15.5 Å². The van der Waals surface area contributed by atoms with E-state index in [1.165, 1.54) is 24.3 Å². The first-order valence-corrected chi connectivity index (χ1v) is 11.8. The van der Waals surface area contributed by atoms with Crippen LogP contribution in [0.3, 0.4) is 0 Å². The number of hydrogen-bond donors (Lipinski definition) is 1. The number of anilines is 1. The van der Waals surface area contributed by atoms with Crippen LogP contribution in [0.1, 0.15) is 11.1 Å². The number of sulfonamides is 1. The number of alkyl halides is 3. The van der Waals surface area contributed by atoms with Gasteiger partial charge in [-0.2, -0.15) is 13.2 Å². The fourth-order valence-corrected chi connectivity index (χ4v) is 5.28. The number of pyridine rings is 1. The van der Waals surface area contributed by atoms with Crippen molar-refractivity contribution in [1.29, 1.82) is 0 Å². The molecule has 31 heavy (non-hydrogen) atoms. The zero-order chi connectivity index (χ0) is 23.0. The van der Waals surface area contributed by atoms with Crippen molar-refractivity contribution in [3.8, 4) is 0 Å². The molecule has 0 fully saturated rings. The lowest BCUT2D eigenvalue weighted by molar-refractivity contribution is -0.137. The molecule has 3 rings (SSSR count). The van der Waals surface area contributed by atoms with Crippen LogP contribution in [0.2, 0.25) is 5.02 Å². The summed E-state index contributed by atoms with van der Waals surface area (Å²) in [6.07, 6.45) is -4.35. The van der Waals surface area contributed by atoms with E-state index in [0.29, 0.717) is 12.3 Å². The molecule has 0 aliphatic carbocycles. The summed E-state index contributed by atoms with van der Waals surface area (Å²) in [6.45, 7) is 1.81. The number of nitrogens with one attached hydrogen (secondary N) is 1. The van der Waals surface area contributed by atoms with Crippen LogP contribution in [0.15, 0.2) is 75.6 Å². The number of aryl methyl sites for hydroxylation is 1. The molecular weight excluding hydrogens is 477 g/mol. The van der Waals surface area contributed by atoms with Gasteiger partial charge in [0, 0.05) is 11.9 Å². The molecule has 0 radical (unpaired) electrons. The summed E-state index contributed by atoms with van der Waals surface area (Å²) in [6, 6.07) is 11.2. The molecule has 0 saturated carbocycles. The van der Waals surface area contributed by atoms with E-state index in [2.05, 4.69) is 9.71 Å². The predicted molar refractivity (Wildman–Crippen MR) is 108 cm³/mol. The van der Waals surface area contributed by atoms with Gasteiger partial charge in [-0.05, 0) is 49.4 Å². The van der Waals surface area contributed by atoms with Crippen LogP contribution in [-0.2, 0) is 26.0 Å². The second-order valence-corrected chi connectivity index (χ2v) is 10.4. The maximum Gasteiger partial charge on any atom is 0.417 e. The zero-order valence-electron chi connectivity index (χ0n) is 15.7. The van der Waals surface area contributed by atoms with Gasteiger partial charge < -0.3 is 0 Å². The summed E-state index contributed by atoms with van der Waals surface area (Å²) in [5.74, 6) is 0. The Hall–Kier alpha value is -2.63. The van der Waals surface area contributed by atoms with Crippen molar-refractivity contribution in [2.75, 3.05) is 4.72 Å². The minimum absolute atomic E-state index is 0.0236. The van der Waals surface area contributed by atoms with Crippen molar-refractivity contribution in [2.24, 2.45) is 0 Å². The Morgan fingerprint density at radius 2 is 1.45 bits per heavy atom. The molecule has 1 N–H and O–H groups in total. The highest BCUT2D eigenvalue weighted by molar-refractivity contribution is 7.92. The summed E-state index contributed by atoms with van der Waals surface area (Å²) in [7, 11) is -8.23. The van der Waals surface area contributed by atoms with Crippen molar-refractivity contribution in [1.82, 2.24) is 4.98 Å². The van der Waals surface area contributed by atoms with E-state index in [1.54, 1.807) is 19.1 Å². The molecule has 1 aromatic heterocycles. The molecule has 0 bridgehead atoms. The summed E-state index contributed by atoms with van der Waals surface area (Å²) in [4.78, 5) is 3.07. The molecular formula is C19H14ClF3N2O4S2. The fourth-order valence-electron chi connectivity index (χ4n) is 2.52. The summed E-state index contributed by atoms with van der Waals surface area (Å²) >= 11 is 5.73. The van der Waals surface area contributed by atoms with Crippen LogP contribution in [0.4, 0.5) is 18.9 Å². The lowest BCUT2D eigenvalue weighted by Crippen LogP contribution is -2.13. The van der Waals surface area contributed by atoms with Gasteiger partial charge in [-0.15, -0.1) is 0 Å². The number of benzene rings is 2. The molecule has 3 aromatic rings. The van der Waals surface area contributed by atoms with Crippen molar-refractivity contribution < 1.29 is 30.0 Å². The predicted octanol–water partition coefficient (Wildman–Crippen LogP) is 4.70. The van der Waals surface area contributed by atoms with Gasteiger partial charge in [-0.1, -0.05) is 29.3 Å². The Labute approximate surface area is 181 Å². The molecule has 0 aliphatic heterocycles. The second kappa shape index (κ2) is 8.13. The average molecular weight is 491 g/mol. The maximum atomic E-state index is 12.7. The summed E-state index contributed by atoms with van der Waals surface area (Å²) in [5, 5.41) is -1.42. The quantitative estimate of drug-likeness (QED) is 0.559. The van der Waals surface area contributed by atoms with Crippen LogP contribution in [-0.4, -0.2) is 21.8 Å². The lowest BCUT2D eigenvalue weighted by atomic mass is 10.2. The van der Waals surface area contributed by atoms with E-state index in [4.69, 9.17) is 11.6 Å². The second-order valence-electron chi connectivity index (χ2n) is 6.46. The third-order valence-corrected chi connectivity index (χ3v) is 7.66. The smallest absolute Gasteiger partial charge is 0.280 e. The van der Waals surface area contributed by atoms with E-state index < -0.39 is 41.6 Å². The normalized spacial score (nSPS) is 12.5. The van der Waals surface area contributed by atoms with Gasteiger partial charge in [0.1, 0.15) is 0 Å². The number of rotatable bonds is 5. The minimum atomic E-state index is -4.73. The first-order valence-electron chi connectivity index (χ1n) is 8.48. The van der Waals surface area contributed by atoms with Crippen molar-refractivity contribution in [2.45, 2.75) is 27.9 Å². The van der Waals surface area contributed by atoms with Crippen molar-refractivity contribution in [3.05, 3.63) is 76.9 Å². The minimum Gasteiger partial charge on any atom is -0.280 e. The highest BCUT2D eigenvalue weighted by Gasteiger charge is 2.33. The van der Waals surface area contributed by atoms with Gasteiger partial charge in [0.2, 0.25) is 9.84 Å². The highest BCUT2D eigenvalue weighted by atomic mass is 35.5. The van der Waals surface area contributed by atoms with Crippen LogP contribution in [0.25, 0.3) is 0 Å². The molecule has 164 valence electrons. The van der Waals surface area contributed by atoms with Crippen LogP contribution in [0, 0.1) is 6.92 Å². The number of aromatic nitrogens is 1. The standard InChI is InChI=1S/C19H14ClF3N2O4S2/c1-12-2-6-16(7-3-12)31(28,29)25-14-4-8-15(9-5-14)30(26,27)18-17(20)10-13(11-24-18)19(21,22)23/h2-11,25H,1H3. The Kier molecular flexibility index (Phi) is 6.05. The molecule has 2 aromatic carbocycles. The molecule has 0 amide bonds. The van der Waals surface area contributed by atoms with Gasteiger partial charge in [0.25, 0.3) is 10.0 Å². The van der Waals surface area contributed by atoms with E-state index in [9.17, 15) is 30.0 Å². The van der Waals surface area contributed by atoms with Crippen LogP contribution < -0.4 is 4.72 Å². The topological polar surface area (TPSA) is 93.2 Å². The number of hydrogen-bond acceptors (Lipinski definition) is 5. The maximum absolute atomic E-state index is 12.7. The van der Waals surface area contributed by atoms with E-state index in [0.717, 1.165) is 17.7 Å². The van der Waals surface area contributed by atoms with Crippen molar-refractivity contribution in [3.63, 3.8) is 0 Å². The van der Waals surface area contributed by atoms with Gasteiger partial charge in [-0.3, -0.25) is 4.72 Å². The molecule has 0 spiro atoms. The van der Waals surface area contributed by atoms with Crippen LogP contribution >= 0.6 is 11.6 Å². The number of halogens is 4. The lowest BCUT2D eigenvalue weighted by Gasteiger charge is -2.11. The van der Waals surface area contributed by atoms with Gasteiger partial charge >= 0.3 is 6.18 Å². The summed E-state index contributed by atoms with van der Waals surface area (Å²) in [5.41, 5.74) is -0.215. The Balaban J connectivity index is 1.88. The molecule has 0 atom stereocenters. The van der Waals surface area contributed by atoms with Gasteiger partial charge in [0.05, 0.1) is 20.4 Å². The third kappa shape index (κ3) is 5.00. The average Bonchev–Trinajstić information content (AvgIpc) is 2.67. The third-order valence-electron chi connectivity index (χ3n) is 4.14. The number of sulfone groups is 1. The Morgan fingerprint density at radius 1 is 0.903 bits per heavy atom. The SMILES string of the molecule is Cc1ccc(S(=O)(=O)Nc2ccc(S(=O)(=O)c3ncc(C(F)(F)F)cc3Cl)cc2)cc1. The molecule has 12 heteroatoms. The zero-order valence-corrected chi connectivity index (χ0v) is 18.1. The molecule has 0 aliphatic rings. The van der Waals surface area contributed by atoms with Crippen LogP contribution in [0.5, 0.6) is 0 Å². The first-order chi connectivity index (χ1) is 14.3. The van der Waals surface area contributed by atoms with E-state index in [1.807, 2.05) is 0 Å². The van der Waals surface area contributed by atoms with Crippen molar-refractivity contribution >= 4 is 37.1 Å². The largest absolute Gasteiger partial charge is 0.417 e. The summed E-state index contributed by atoms with van der Waals surface area (Å²) < 4.78 is 90.8. The number of nitrogens with zero attached hydrogens (tertiary/aromatic N) is 1. The Morgan fingerprint density at radius 3 is 1.97 bits per heavy atom. The molecule has 1 heterocycles. The van der Waals surface area contributed by atoms with Gasteiger partial charge in [-0.25, -0.2) is 21.8 Å². The Bertz CT molecular complexity index is 1320.